The summed E-state index contributed by atoms with van der Waals surface area (Å²) in [6, 6.07) is 16.5. The van der Waals surface area contributed by atoms with Crippen molar-refractivity contribution in [1.82, 2.24) is 25.1 Å². The van der Waals surface area contributed by atoms with Gasteiger partial charge in [-0.3, -0.25) is 19.3 Å². The Morgan fingerprint density at radius 3 is 2.63 bits per heavy atom. The van der Waals surface area contributed by atoms with Crippen LogP contribution in [0.15, 0.2) is 72.4 Å². The molecule has 1 aromatic carbocycles. The molecule has 9 heteroatoms. The second-order valence-corrected chi connectivity index (χ2v) is 8.96. The van der Waals surface area contributed by atoms with Gasteiger partial charge in [0.1, 0.15) is 0 Å². The first-order valence-corrected chi connectivity index (χ1v) is 11.8. The van der Waals surface area contributed by atoms with Gasteiger partial charge in [-0.25, -0.2) is 4.98 Å². The average Bonchev–Trinajstić information content (AvgIpc) is 3.51. The van der Waals surface area contributed by atoms with Crippen LogP contribution in [0.25, 0.3) is 21.6 Å². The molecule has 35 heavy (non-hydrogen) atoms. The topological polar surface area (TPSA) is 102 Å². The molecular formula is C26H22N6O2S. The highest BCUT2D eigenvalue weighted by molar-refractivity contribution is 7.13. The number of nitrogens with one attached hydrogen (secondary N) is 2. The molecule has 0 bridgehead atoms. The number of anilines is 1. The fourth-order valence-electron chi connectivity index (χ4n) is 3.92. The minimum atomic E-state index is -0.221. The highest BCUT2D eigenvalue weighted by Crippen LogP contribution is 2.29. The average molecular weight is 483 g/mol. The summed E-state index contributed by atoms with van der Waals surface area (Å²) >= 11 is 1.57. The molecule has 0 aliphatic heterocycles. The number of aromatic nitrogens is 4. The van der Waals surface area contributed by atoms with Crippen LogP contribution in [0.1, 0.15) is 32.0 Å². The molecule has 2 amide bonds. The summed E-state index contributed by atoms with van der Waals surface area (Å²) in [5.41, 5.74) is 4.71. The Morgan fingerprint density at radius 2 is 1.86 bits per heavy atom. The third kappa shape index (κ3) is 4.67. The zero-order chi connectivity index (χ0) is 24.4. The minimum Gasteiger partial charge on any atom is -0.348 e. The van der Waals surface area contributed by atoms with E-state index in [0.717, 1.165) is 27.2 Å². The number of aryl methyl sites for hydroxylation is 2. The summed E-state index contributed by atoms with van der Waals surface area (Å²) in [6.07, 6.45) is 3.15. The van der Waals surface area contributed by atoms with Gasteiger partial charge in [0, 0.05) is 37.2 Å². The van der Waals surface area contributed by atoms with Crippen molar-refractivity contribution in [1.29, 1.82) is 0 Å². The maximum Gasteiger partial charge on any atom is 0.255 e. The summed E-state index contributed by atoms with van der Waals surface area (Å²) in [4.78, 5) is 35.4. The van der Waals surface area contributed by atoms with Crippen LogP contribution in [0.4, 0.5) is 5.69 Å². The smallest absolute Gasteiger partial charge is 0.255 e. The van der Waals surface area contributed by atoms with Gasteiger partial charge in [0.25, 0.3) is 11.8 Å². The fourth-order valence-corrected chi connectivity index (χ4v) is 4.60. The number of hydrogen-bond donors (Lipinski definition) is 2. The highest BCUT2D eigenvalue weighted by atomic mass is 32.1. The predicted molar refractivity (Wildman–Crippen MR) is 136 cm³/mol. The molecule has 0 unspecified atom stereocenters. The molecule has 0 saturated carbocycles. The van der Waals surface area contributed by atoms with Crippen molar-refractivity contribution in [3.05, 3.63) is 94.8 Å². The van der Waals surface area contributed by atoms with Gasteiger partial charge in [-0.2, -0.15) is 5.10 Å². The molecule has 8 nitrogen and oxygen atoms in total. The molecule has 0 spiro atoms. The summed E-state index contributed by atoms with van der Waals surface area (Å²) in [5, 5.41) is 13.1. The predicted octanol–water partition coefficient (Wildman–Crippen LogP) is 4.58. The third-order valence-corrected chi connectivity index (χ3v) is 6.46. The third-order valence-electron chi connectivity index (χ3n) is 5.57. The van der Waals surface area contributed by atoms with Crippen molar-refractivity contribution in [2.24, 2.45) is 7.05 Å². The van der Waals surface area contributed by atoms with E-state index < -0.39 is 0 Å². The van der Waals surface area contributed by atoms with E-state index in [1.165, 1.54) is 0 Å². The first kappa shape index (κ1) is 22.4. The quantitative estimate of drug-likeness (QED) is 0.369. The lowest BCUT2D eigenvalue weighted by Gasteiger charge is -2.10. The van der Waals surface area contributed by atoms with Crippen LogP contribution in [0.2, 0.25) is 0 Å². The van der Waals surface area contributed by atoms with Gasteiger partial charge in [0.15, 0.2) is 5.65 Å². The van der Waals surface area contributed by atoms with E-state index in [4.69, 9.17) is 4.98 Å². The van der Waals surface area contributed by atoms with Crippen molar-refractivity contribution >= 4 is 39.9 Å². The molecule has 2 N–H and O–H groups in total. The molecule has 0 fully saturated rings. The van der Waals surface area contributed by atoms with E-state index in [2.05, 4.69) is 20.7 Å². The number of benzene rings is 1. The summed E-state index contributed by atoms with van der Waals surface area (Å²) in [7, 11) is 1.83. The second kappa shape index (κ2) is 9.47. The van der Waals surface area contributed by atoms with E-state index in [1.807, 2.05) is 61.8 Å². The monoisotopic (exact) mass is 482 g/mol. The number of carbonyl (C=O) groups excluding carboxylic acids is 2. The van der Waals surface area contributed by atoms with E-state index in [9.17, 15) is 9.59 Å². The largest absolute Gasteiger partial charge is 0.348 e. The highest BCUT2D eigenvalue weighted by Gasteiger charge is 2.19. The van der Waals surface area contributed by atoms with Gasteiger partial charge in [-0.15, -0.1) is 11.3 Å². The van der Waals surface area contributed by atoms with Crippen molar-refractivity contribution in [2.75, 3.05) is 5.32 Å². The van der Waals surface area contributed by atoms with Crippen LogP contribution in [-0.4, -0.2) is 31.6 Å². The zero-order valence-electron chi connectivity index (χ0n) is 19.1. The molecule has 0 atom stereocenters. The molecule has 0 radical (unpaired) electrons. The van der Waals surface area contributed by atoms with E-state index in [-0.39, 0.29) is 11.8 Å². The van der Waals surface area contributed by atoms with Crippen LogP contribution in [0.5, 0.6) is 0 Å². The molecule has 0 saturated heterocycles. The molecule has 5 aromatic rings. The standard InChI is InChI=1S/C26H22N6O2S/c1-16-23-20(14-21(22-7-4-12-35-22)30-24(23)32(2)31-16)26(34)28-15-17-5-3-6-19(13-17)29-25(33)18-8-10-27-11-9-18/h3-14H,15H2,1-2H3,(H,28,34)(H,29,33). The lowest BCUT2D eigenvalue weighted by molar-refractivity contribution is 0.0951. The Hall–Kier alpha value is -4.37. The molecule has 4 aromatic heterocycles. The number of carbonyl (C=O) groups is 2. The lowest BCUT2D eigenvalue weighted by atomic mass is 10.1. The number of amides is 2. The first-order chi connectivity index (χ1) is 17.0. The molecule has 0 aliphatic carbocycles. The number of pyridine rings is 2. The zero-order valence-corrected chi connectivity index (χ0v) is 20.0. The van der Waals surface area contributed by atoms with E-state index in [0.29, 0.717) is 29.0 Å². The van der Waals surface area contributed by atoms with E-state index in [1.54, 1.807) is 40.5 Å². The number of nitrogens with zero attached hydrogens (tertiary/aromatic N) is 4. The van der Waals surface area contributed by atoms with Crippen LogP contribution in [-0.2, 0) is 13.6 Å². The van der Waals surface area contributed by atoms with Gasteiger partial charge >= 0.3 is 0 Å². The molecular weight excluding hydrogens is 460 g/mol. The Bertz CT molecular complexity index is 1530. The molecule has 0 aliphatic rings. The van der Waals surface area contributed by atoms with Crippen molar-refractivity contribution in [3.63, 3.8) is 0 Å². The van der Waals surface area contributed by atoms with Gasteiger partial charge in [0.2, 0.25) is 0 Å². The Kier molecular flexibility index (Phi) is 6.07. The van der Waals surface area contributed by atoms with Crippen LogP contribution in [0.3, 0.4) is 0 Å². The SMILES string of the molecule is Cc1nn(C)c2nc(-c3cccs3)cc(C(=O)NCc3cccc(NC(=O)c4ccncc4)c3)c12. The minimum absolute atomic E-state index is 0.211. The second-order valence-electron chi connectivity index (χ2n) is 8.01. The number of fused-ring (bicyclic) bond motifs is 1. The number of thiophene rings is 1. The van der Waals surface area contributed by atoms with Crippen molar-refractivity contribution < 1.29 is 9.59 Å². The first-order valence-electron chi connectivity index (χ1n) is 11.0. The van der Waals surface area contributed by atoms with Gasteiger partial charge < -0.3 is 10.6 Å². The summed E-state index contributed by atoms with van der Waals surface area (Å²) < 4.78 is 1.70. The van der Waals surface area contributed by atoms with Crippen molar-refractivity contribution in [3.8, 4) is 10.6 Å². The Morgan fingerprint density at radius 1 is 1.03 bits per heavy atom. The van der Waals surface area contributed by atoms with Crippen molar-refractivity contribution in [2.45, 2.75) is 13.5 Å². The number of rotatable bonds is 6. The van der Waals surface area contributed by atoms with Crippen LogP contribution in [0, 0.1) is 6.92 Å². The van der Waals surface area contributed by atoms with Crippen LogP contribution < -0.4 is 10.6 Å². The Labute approximate surface area is 205 Å². The fraction of sp³-hybridized carbons (Fsp3) is 0.115. The normalized spacial score (nSPS) is 10.9. The maximum absolute atomic E-state index is 13.3. The van der Waals surface area contributed by atoms with Gasteiger partial charge in [-0.05, 0) is 54.3 Å². The summed E-state index contributed by atoms with van der Waals surface area (Å²) in [6.45, 7) is 2.18. The van der Waals surface area contributed by atoms with Gasteiger partial charge in [-0.1, -0.05) is 18.2 Å². The maximum atomic E-state index is 13.3. The Balaban J connectivity index is 1.37. The summed E-state index contributed by atoms with van der Waals surface area (Å²) in [5.74, 6) is -0.432. The van der Waals surface area contributed by atoms with E-state index >= 15 is 0 Å². The van der Waals surface area contributed by atoms with Crippen LogP contribution >= 0.6 is 11.3 Å². The lowest BCUT2D eigenvalue weighted by Crippen LogP contribution is -2.23. The number of hydrogen-bond acceptors (Lipinski definition) is 6. The molecule has 4 heterocycles. The molecule has 5 rings (SSSR count). The molecule has 174 valence electrons. The van der Waals surface area contributed by atoms with Gasteiger partial charge in [0.05, 0.1) is 27.2 Å².